The van der Waals surface area contributed by atoms with Crippen LogP contribution in [-0.2, 0) is 4.79 Å². The van der Waals surface area contributed by atoms with E-state index < -0.39 is 17.7 Å². The van der Waals surface area contributed by atoms with Crippen molar-refractivity contribution in [1.82, 2.24) is 4.90 Å². The van der Waals surface area contributed by atoms with Gasteiger partial charge in [0.15, 0.2) is 0 Å². The largest absolute Gasteiger partial charge is 0.417 e. The summed E-state index contributed by atoms with van der Waals surface area (Å²) in [7, 11) is 0. The highest BCUT2D eigenvalue weighted by Gasteiger charge is 2.36. The molecule has 2 rings (SSSR count). The van der Waals surface area contributed by atoms with Crippen LogP contribution in [0, 0.1) is 5.92 Å². The molecule has 0 unspecified atom stereocenters. The lowest BCUT2D eigenvalue weighted by atomic mass is 9.97. The SMILES string of the molecule is O=C(/C=C(/c1ccc(Cl)cc1)C(F)(F)F)N1CCC(CO)CC1. The molecule has 0 radical (unpaired) electrons. The van der Waals surface area contributed by atoms with Gasteiger partial charge in [0.05, 0.1) is 5.57 Å². The molecule has 1 aromatic carbocycles. The molecule has 23 heavy (non-hydrogen) atoms. The Bertz CT molecular complexity index is 576. The predicted octanol–water partition coefficient (Wildman–Crippen LogP) is 3.52. The average molecular weight is 348 g/mol. The van der Waals surface area contributed by atoms with Crippen molar-refractivity contribution < 1.29 is 23.1 Å². The zero-order chi connectivity index (χ0) is 17.0. The van der Waals surface area contributed by atoms with Crippen molar-refractivity contribution in [2.24, 2.45) is 5.92 Å². The first-order valence-corrected chi connectivity index (χ1v) is 7.63. The van der Waals surface area contributed by atoms with Crippen molar-refractivity contribution in [2.75, 3.05) is 19.7 Å². The van der Waals surface area contributed by atoms with Crippen LogP contribution in [0.2, 0.25) is 5.02 Å². The molecule has 0 aromatic heterocycles. The van der Waals surface area contributed by atoms with Crippen LogP contribution in [0.3, 0.4) is 0 Å². The second-order valence-electron chi connectivity index (χ2n) is 5.51. The molecule has 1 N–H and O–H groups in total. The van der Waals surface area contributed by atoms with E-state index in [1.165, 1.54) is 29.2 Å². The maximum Gasteiger partial charge on any atom is 0.417 e. The Kier molecular flexibility index (Phi) is 5.70. The molecule has 1 aliphatic heterocycles. The van der Waals surface area contributed by atoms with Crippen molar-refractivity contribution in [3.8, 4) is 0 Å². The van der Waals surface area contributed by atoms with Crippen LogP contribution in [0.25, 0.3) is 5.57 Å². The van der Waals surface area contributed by atoms with Gasteiger partial charge in [0.2, 0.25) is 5.91 Å². The molecule has 1 amide bonds. The third-order valence-electron chi connectivity index (χ3n) is 3.91. The Labute approximate surface area is 137 Å². The predicted molar refractivity (Wildman–Crippen MR) is 81.9 cm³/mol. The van der Waals surface area contributed by atoms with E-state index in [2.05, 4.69) is 0 Å². The van der Waals surface area contributed by atoms with Crippen LogP contribution in [0.5, 0.6) is 0 Å². The Morgan fingerprint density at radius 3 is 2.30 bits per heavy atom. The number of likely N-dealkylation sites (tertiary alicyclic amines) is 1. The molecule has 1 aliphatic rings. The monoisotopic (exact) mass is 347 g/mol. The zero-order valence-electron chi connectivity index (χ0n) is 12.3. The number of nitrogens with zero attached hydrogens (tertiary/aromatic N) is 1. The van der Waals surface area contributed by atoms with E-state index in [0.29, 0.717) is 37.0 Å². The Morgan fingerprint density at radius 1 is 1.26 bits per heavy atom. The molecule has 1 saturated heterocycles. The molecule has 0 bridgehead atoms. The Hall–Kier alpha value is -1.53. The number of hydrogen-bond acceptors (Lipinski definition) is 2. The van der Waals surface area contributed by atoms with Gasteiger partial charge in [-0.15, -0.1) is 0 Å². The van der Waals surface area contributed by atoms with Gasteiger partial charge < -0.3 is 10.0 Å². The van der Waals surface area contributed by atoms with Gasteiger partial charge in [-0.3, -0.25) is 4.79 Å². The molecular weight excluding hydrogens is 331 g/mol. The summed E-state index contributed by atoms with van der Waals surface area (Å²) >= 11 is 5.69. The lowest BCUT2D eigenvalue weighted by Gasteiger charge is -2.30. The second kappa shape index (κ2) is 7.36. The van der Waals surface area contributed by atoms with Crippen LogP contribution < -0.4 is 0 Å². The number of rotatable bonds is 3. The van der Waals surface area contributed by atoms with E-state index in [1.807, 2.05) is 0 Å². The number of aliphatic hydroxyl groups is 1. The number of benzene rings is 1. The highest BCUT2D eigenvalue weighted by molar-refractivity contribution is 6.30. The molecule has 126 valence electrons. The lowest BCUT2D eigenvalue weighted by molar-refractivity contribution is -0.128. The Balaban J connectivity index is 2.20. The molecule has 1 heterocycles. The summed E-state index contributed by atoms with van der Waals surface area (Å²) < 4.78 is 39.7. The topological polar surface area (TPSA) is 40.5 Å². The van der Waals surface area contributed by atoms with Crippen LogP contribution in [0.1, 0.15) is 18.4 Å². The zero-order valence-corrected chi connectivity index (χ0v) is 13.1. The standard InChI is InChI=1S/C16H17ClF3NO2/c17-13-3-1-12(2-4-13)14(16(18,19)20)9-15(23)21-7-5-11(10-22)6-8-21/h1-4,9,11,22H,5-8,10H2/b14-9-. The van der Waals surface area contributed by atoms with E-state index in [4.69, 9.17) is 16.7 Å². The fourth-order valence-electron chi connectivity index (χ4n) is 2.51. The summed E-state index contributed by atoms with van der Waals surface area (Å²) in [6.07, 6.45) is -2.80. The minimum Gasteiger partial charge on any atom is -0.396 e. The minimum atomic E-state index is -4.63. The van der Waals surface area contributed by atoms with Gasteiger partial charge in [0, 0.05) is 30.8 Å². The molecule has 3 nitrogen and oxygen atoms in total. The number of halogens is 4. The average Bonchev–Trinajstić information content (AvgIpc) is 2.52. The van der Waals surface area contributed by atoms with E-state index in [1.54, 1.807) is 0 Å². The van der Waals surface area contributed by atoms with Gasteiger partial charge in [-0.2, -0.15) is 13.2 Å². The second-order valence-corrected chi connectivity index (χ2v) is 5.95. The molecule has 0 aliphatic carbocycles. The number of carbonyl (C=O) groups is 1. The number of alkyl halides is 3. The quantitative estimate of drug-likeness (QED) is 0.850. The van der Waals surface area contributed by atoms with Gasteiger partial charge >= 0.3 is 6.18 Å². The van der Waals surface area contributed by atoms with Gasteiger partial charge in [-0.25, -0.2) is 0 Å². The summed E-state index contributed by atoms with van der Waals surface area (Å²) in [5.74, 6) is -0.551. The van der Waals surface area contributed by atoms with Crippen LogP contribution in [-0.4, -0.2) is 41.8 Å². The molecular formula is C16H17ClF3NO2. The molecule has 0 atom stereocenters. The van der Waals surface area contributed by atoms with Crippen molar-refractivity contribution in [3.05, 3.63) is 40.9 Å². The summed E-state index contributed by atoms with van der Waals surface area (Å²) in [4.78, 5) is 13.5. The molecule has 0 saturated carbocycles. The smallest absolute Gasteiger partial charge is 0.396 e. The maximum atomic E-state index is 13.2. The van der Waals surface area contributed by atoms with Gasteiger partial charge in [-0.05, 0) is 36.5 Å². The summed E-state index contributed by atoms with van der Waals surface area (Å²) in [5.41, 5.74) is -1.08. The fourth-order valence-corrected chi connectivity index (χ4v) is 2.63. The number of amides is 1. The highest BCUT2D eigenvalue weighted by atomic mass is 35.5. The van der Waals surface area contributed by atoms with Crippen molar-refractivity contribution in [3.63, 3.8) is 0 Å². The van der Waals surface area contributed by atoms with Crippen LogP contribution in [0.4, 0.5) is 13.2 Å². The van der Waals surface area contributed by atoms with E-state index in [9.17, 15) is 18.0 Å². The lowest BCUT2D eigenvalue weighted by Crippen LogP contribution is -2.38. The fraction of sp³-hybridized carbons (Fsp3) is 0.438. The number of hydrogen-bond donors (Lipinski definition) is 1. The van der Waals surface area contributed by atoms with E-state index in [-0.39, 0.29) is 18.1 Å². The minimum absolute atomic E-state index is 0.0381. The molecule has 1 aromatic rings. The van der Waals surface area contributed by atoms with Gasteiger partial charge in [-0.1, -0.05) is 23.7 Å². The van der Waals surface area contributed by atoms with Crippen molar-refractivity contribution >= 4 is 23.1 Å². The van der Waals surface area contributed by atoms with Gasteiger partial charge in [0.25, 0.3) is 0 Å². The first-order valence-electron chi connectivity index (χ1n) is 7.26. The third kappa shape index (κ3) is 4.72. The van der Waals surface area contributed by atoms with Crippen LogP contribution >= 0.6 is 11.6 Å². The maximum absolute atomic E-state index is 13.2. The van der Waals surface area contributed by atoms with Crippen LogP contribution in [0.15, 0.2) is 30.3 Å². The highest BCUT2D eigenvalue weighted by Crippen LogP contribution is 2.34. The first-order chi connectivity index (χ1) is 10.8. The molecule has 1 fully saturated rings. The summed E-state index contributed by atoms with van der Waals surface area (Å²) in [6.45, 7) is 0.745. The number of piperidine rings is 1. The summed E-state index contributed by atoms with van der Waals surface area (Å²) in [6, 6.07) is 5.20. The summed E-state index contributed by atoms with van der Waals surface area (Å²) in [5, 5.41) is 9.39. The molecule has 7 heteroatoms. The van der Waals surface area contributed by atoms with Gasteiger partial charge in [0.1, 0.15) is 0 Å². The van der Waals surface area contributed by atoms with E-state index >= 15 is 0 Å². The number of aliphatic hydroxyl groups excluding tert-OH is 1. The third-order valence-corrected chi connectivity index (χ3v) is 4.16. The number of carbonyl (C=O) groups excluding carboxylic acids is 1. The normalized spacial score (nSPS) is 17.4. The molecule has 0 spiro atoms. The number of allylic oxidation sites excluding steroid dienone is 1. The Morgan fingerprint density at radius 2 is 1.83 bits per heavy atom. The first kappa shape index (κ1) is 17.8. The van der Waals surface area contributed by atoms with E-state index in [0.717, 1.165) is 0 Å². The van der Waals surface area contributed by atoms with Crippen molar-refractivity contribution in [1.29, 1.82) is 0 Å². The van der Waals surface area contributed by atoms with Crippen molar-refractivity contribution in [2.45, 2.75) is 19.0 Å².